The van der Waals surface area contributed by atoms with Crippen LogP contribution in [0.5, 0.6) is 0 Å². The van der Waals surface area contributed by atoms with Gasteiger partial charge in [0.2, 0.25) is 0 Å². The third kappa shape index (κ3) is 9.05. The summed E-state index contributed by atoms with van der Waals surface area (Å²) in [5.74, 6) is 2.49. The van der Waals surface area contributed by atoms with Gasteiger partial charge in [-0.3, -0.25) is 14.7 Å². The molecule has 4 aliphatic heterocycles. The Morgan fingerprint density at radius 2 is 1.02 bits per heavy atom. The van der Waals surface area contributed by atoms with E-state index >= 15 is 0 Å². The number of fused-ring (bicyclic) bond motifs is 2. The van der Waals surface area contributed by atoms with Gasteiger partial charge >= 0.3 is 18.9 Å². The molecule has 0 unspecified atom stereocenters. The normalized spacial score (nSPS) is 20.2. The van der Waals surface area contributed by atoms with Crippen molar-refractivity contribution in [3.8, 4) is 0 Å². The van der Waals surface area contributed by atoms with Gasteiger partial charge in [-0.05, 0) is 77.6 Å². The van der Waals surface area contributed by atoms with Crippen LogP contribution >= 0.6 is 11.1 Å². The molecule has 1 aromatic rings. The minimum Gasteiger partial charge on any atom is -0.369 e. The monoisotopic (exact) mass is 700 g/mol. The first kappa shape index (κ1) is 41.8. The minimum atomic E-state index is -1.73. The van der Waals surface area contributed by atoms with Crippen LogP contribution in [0.2, 0.25) is 31.7 Å². The van der Waals surface area contributed by atoms with Gasteiger partial charge in [0.25, 0.3) is 7.55 Å². The summed E-state index contributed by atoms with van der Waals surface area (Å²) in [5, 5.41) is 0. The molecule has 1 aliphatic carbocycles. The summed E-state index contributed by atoms with van der Waals surface area (Å²) < 4.78 is 5.09. The SMILES string of the molecule is CC1=C(C)C([Si](C)(C)N2CCCN3CCCN=C32)C(C)=C1C.C[Si](C)(Cl)N1CCCN2CCCN=C21.Cc1[cH-]c(C)c(C)c1C.F.[3HH].[Li+]. The van der Waals surface area contributed by atoms with E-state index in [1.54, 1.807) is 11.1 Å². The van der Waals surface area contributed by atoms with Gasteiger partial charge in [-0.2, -0.15) is 28.3 Å². The van der Waals surface area contributed by atoms with Crippen molar-refractivity contribution in [1.29, 1.82) is 0 Å². The van der Waals surface area contributed by atoms with E-state index in [4.69, 9.17) is 16.1 Å². The Balaban J connectivity index is 0.000000383. The first-order valence-corrected chi connectivity index (χ1v) is 24.4. The Morgan fingerprint density at radius 1 is 0.638 bits per heavy atom. The van der Waals surface area contributed by atoms with Gasteiger partial charge in [0, 0.05) is 59.3 Å². The molecule has 6 rings (SSSR count). The van der Waals surface area contributed by atoms with Gasteiger partial charge in [0.05, 0.1) is 0 Å². The second-order valence-electron chi connectivity index (χ2n) is 14.9. The van der Waals surface area contributed by atoms with Crippen LogP contribution in [0.15, 0.2) is 38.3 Å². The Morgan fingerprint density at radius 3 is 1.40 bits per heavy atom. The molecule has 6 nitrogen and oxygen atoms in total. The minimum absolute atomic E-state index is 0. The fourth-order valence-electron chi connectivity index (χ4n) is 8.00. The zero-order chi connectivity index (χ0) is 33.3. The van der Waals surface area contributed by atoms with Crippen LogP contribution in [0, 0.1) is 27.7 Å². The fraction of sp³-hybridized carbons (Fsp3) is 0.694. The quantitative estimate of drug-likeness (QED) is 0.229. The maximum Gasteiger partial charge on any atom is 1.00 e. The molecule has 0 amide bonds. The van der Waals surface area contributed by atoms with Gasteiger partial charge in [0.15, 0.2) is 20.2 Å². The number of aryl methyl sites for hydroxylation is 2. The molecule has 262 valence electrons. The molecule has 0 aromatic heterocycles. The molecule has 0 radical (unpaired) electrons. The molecule has 0 spiro atoms. The van der Waals surface area contributed by atoms with E-state index in [1.807, 2.05) is 0 Å². The van der Waals surface area contributed by atoms with Crippen molar-refractivity contribution in [3.63, 3.8) is 0 Å². The number of allylic oxidation sites excluding steroid dienone is 4. The van der Waals surface area contributed by atoms with Crippen molar-refractivity contribution in [2.24, 2.45) is 9.98 Å². The standard InChI is InChI=1S/C18H31N3Si.C9H18ClN3Si.C9H13.FH.Li.H2/c1-13-14(2)16(4)17(15(13)3)22(5,6)21-12-8-11-20-10-7-9-19-18(20)21;1-14(2,10)13-8-4-7-12-6-3-5-11-9(12)13;1-6-5-7(2)9(4)8(6)3;;;/h17H,7-12H2,1-6H3;3-8H2,1-2H3;5H,1-4H3;1H;;1H/q;;-1;;+1;/i;;;;;1+2. The Bertz CT molecular complexity index is 1320. The van der Waals surface area contributed by atoms with E-state index < -0.39 is 15.8 Å². The van der Waals surface area contributed by atoms with Gasteiger partial charge in [-0.25, -0.2) is 0 Å². The summed E-state index contributed by atoms with van der Waals surface area (Å²) >= 11 is 6.49. The van der Waals surface area contributed by atoms with Crippen molar-refractivity contribution < 1.29 is 25.0 Å². The van der Waals surface area contributed by atoms with Crippen LogP contribution in [0.25, 0.3) is 0 Å². The van der Waals surface area contributed by atoms with E-state index in [-0.39, 0.29) is 25.0 Å². The van der Waals surface area contributed by atoms with Gasteiger partial charge < -0.3 is 18.9 Å². The number of aliphatic imine (C=N–C) groups is 2. The van der Waals surface area contributed by atoms with E-state index in [0.29, 0.717) is 5.54 Å². The largest absolute Gasteiger partial charge is 1.00 e. The third-order valence-electron chi connectivity index (χ3n) is 11.2. The number of rotatable bonds is 3. The van der Waals surface area contributed by atoms with Gasteiger partial charge in [0.1, 0.15) is 0 Å². The van der Waals surface area contributed by atoms with E-state index in [0.717, 1.165) is 32.7 Å². The van der Waals surface area contributed by atoms with Crippen LogP contribution in [-0.2, 0) is 0 Å². The summed E-state index contributed by atoms with van der Waals surface area (Å²) in [4.78, 5) is 14.5. The zero-order valence-electron chi connectivity index (χ0n) is 32.1. The Labute approximate surface area is 307 Å². The van der Waals surface area contributed by atoms with E-state index in [9.17, 15) is 0 Å². The number of guanidine groups is 2. The predicted molar refractivity (Wildman–Crippen MR) is 207 cm³/mol. The molecular formula is C36H65ClFLiN6Si2. The first-order chi connectivity index (χ1) is 21.1. The number of hydrogen-bond donors (Lipinski definition) is 0. The Kier molecular flexibility index (Phi) is 15.1. The molecule has 47 heavy (non-hydrogen) atoms. The summed E-state index contributed by atoms with van der Waals surface area (Å²) in [6.45, 7) is 36.5. The maximum atomic E-state index is 6.49. The third-order valence-corrected chi connectivity index (χ3v) is 17.6. The van der Waals surface area contributed by atoms with Crippen LogP contribution in [0.4, 0.5) is 4.70 Å². The number of halogens is 2. The topological polar surface area (TPSA) is 37.7 Å². The van der Waals surface area contributed by atoms with Crippen LogP contribution in [-0.4, -0.2) is 99.0 Å². The van der Waals surface area contributed by atoms with Crippen LogP contribution < -0.4 is 18.9 Å². The van der Waals surface area contributed by atoms with Crippen molar-refractivity contribution in [3.05, 3.63) is 50.6 Å². The Hall–Kier alpha value is -1.38. The van der Waals surface area contributed by atoms with Crippen molar-refractivity contribution in [1.82, 2.24) is 18.9 Å². The first-order valence-electron chi connectivity index (χ1n) is 17.5. The predicted octanol–water partition coefficient (Wildman–Crippen LogP) is 5.75. The molecule has 5 aliphatic rings. The van der Waals surface area contributed by atoms with Crippen LogP contribution in [0.3, 0.4) is 0 Å². The fourth-order valence-corrected chi connectivity index (χ4v) is 14.2. The molecule has 0 bridgehead atoms. The van der Waals surface area contributed by atoms with Crippen molar-refractivity contribution in [2.45, 2.75) is 113 Å². The second kappa shape index (κ2) is 17.0. The zero-order valence-corrected chi connectivity index (χ0v) is 34.9. The van der Waals surface area contributed by atoms with Crippen LogP contribution in [0.1, 0.15) is 77.1 Å². The molecular weight excluding hydrogens is 634 g/mol. The average molecular weight is 702 g/mol. The number of nitrogens with zero attached hydrogens (tertiary/aromatic N) is 6. The van der Waals surface area contributed by atoms with Crippen molar-refractivity contribution in [2.75, 3.05) is 52.4 Å². The number of hydrogen-bond acceptors (Lipinski definition) is 6. The molecule has 2 saturated heterocycles. The molecule has 0 N–H and O–H groups in total. The summed E-state index contributed by atoms with van der Waals surface area (Å²) in [6, 6.07) is 2.24. The maximum absolute atomic E-state index is 6.49. The smallest absolute Gasteiger partial charge is 0.369 e. The summed E-state index contributed by atoms with van der Waals surface area (Å²) in [5.41, 5.74) is 12.7. The van der Waals surface area contributed by atoms with E-state index in [1.165, 1.54) is 90.6 Å². The average Bonchev–Trinajstić information content (AvgIpc) is 3.35. The molecule has 0 saturated carbocycles. The summed E-state index contributed by atoms with van der Waals surface area (Å²) in [7, 11) is -3.37. The molecule has 11 heteroatoms. The molecule has 2 fully saturated rings. The van der Waals surface area contributed by atoms with Gasteiger partial charge in [-0.1, -0.05) is 51.9 Å². The molecule has 0 atom stereocenters. The molecule has 1 aromatic carbocycles. The second-order valence-corrected chi connectivity index (χ2v) is 25.5. The van der Waals surface area contributed by atoms with E-state index in [2.05, 4.69) is 112 Å². The van der Waals surface area contributed by atoms with Gasteiger partial charge in [-0.15, -0.1) is 11.1 Å². The summed E-state index contributed by atoms with van der Waals surface area (Å²) in [6.07, 6.45) is 4.92. The van der Waals surface area contributed by atoms with Crippen molar-refractivity contribution >= 4 is 38.8 Å². The molecule has 4 heterocycles.